The second-order valence-electron chi connectivity index (χ2n) is 6.36. The summed E-state index contributed by atoms with van der Waals surface area (Å²) in [5.41, 5.74) is 4.53. The Balaban J connectivity index is 1.56. The summed E-state index contributed by atoms with van der Waals surface area (Å²) in [6, 6.07) is 15.2. The van der Waals surface area contributed by atoms with Crippen LogP contribution in [-0.2, 0) is 11.5 Å². The number of carbonyl (C=O) groups excluding carboxylic acids is 1. The normalized spacial score (nSPS) is 13.1. The van der Waals surface area contributed by atoms with E-state index in [-0.39, 0.29) is 5.91 Å². The number of para-hydroxylation sites is 1. The molecule has 4 aromatic rings. The Morgan fingerprint density at radius 2 is 1.96 bits per heavy atom. The summed E-state index contributed by atoms with van der Waals surface area (Å²) in [4.78, 5) is 16.2. The molecule has 0 unspecified atom stereocenters. The van der Waals surface area contributed by atoms with Gasteiger partial charge in [-0.25, -0.2) is 4.68 Å². The monoisotopic (exact) mass is 394 g/mol. The van der Waals surface area contributed by atoms with E-state index in [4.69, 9.17) is 16.7 Å². The lowest BCUT2D eigenvalue weighted by Crippen LogP contribution is -2.16. The molecule has 3 heterocycles. The second-order valence-corrected chi connectivity index (χ2v) is 7.78. The summed E-state index contributed by atoms with van der Waals surface area (Å²) in [6.45, 7) is 0. The molecular weight excluding hydrogens is 380 g/mol. The van der Waals surface area contributed by atoms with Crippen molar-refractivity contribution < 1.29 is 4.79 Å². The van der Waals surface area contributed by atoms with Crippen molar-refractivity contribution in [3.05, 3.63) is 76.6 Å². The molecule has 2 N–H and O–H groups in total. The van der Waals surface area contributed by atoms with Gasteiger partial charge < -0.3 is 10.3 Å². The van der Waals surface area contributed by atoms with Crippen molar-refractivity contribution in [3.63, 3.8) is 0 Å². The van der Waals surface area contributed by atoms with Crippen LogP contribution >= 0.6 is 23.4 Å². The van der Waals surface area contributed by atoms with Crippen molar-refractivity contribution in [2.45, 2.75) is 11.5 Å². The fraction of sp³-hybridized carbons (Fsp3) is 0.100. The number of benzene rings is 2. The highest BCUT2D eigenvalue weighted by Crippen LogP contribution is 2.36. The van der Waals surface area contributed by atoms with E-state index in [1.54, 1.807) is 22.6 Å². The van der Waals surface area contributed by atoms with Crippen LogP contribution in [0.1, 0.15) is 21.6 Å². The standard InChI is InChI=1S/C20H15ClN4OS/c21-12-5-7-13(8-6-12)25-19(16-10-27-11-18(16)24-25)23-20(26)15-9-22-17-4-2-1-3-14(15)17/h1-9,22H,10-11H2,(H,23,26). The van der Waals surface area contributed by atoms with E-state index >= 15 is 0 Å². The fourth-order valence-corrected chi connectivity index (χ4v) is 4.51. The summed E-state index contributed by atoms with van der Waals surface area (Å²) >= 11 is 7.82. The van der Waals surface area contributed by atoms with Crippen molar-refractivity contribution in [1.82, 2.24) is 14.8 Å². The second kappa shape index (κ2) is 6.48. The van der Waals surface area contributed by atoms with Gasteiger partial charge in [-0.1, -0.05) is 29.8 Å². The molecule has 0 fully saturated rings. The summed E-state index contributed by atoms with van der Waals surface area (Å²) in [7, 11) is 0. The number of thioether (sulfide) groups is 1. The number of hydrogen-bond donors (Lipinski definition) is 2. The first kappa shape index (κ1) is 16.5. The molecule has 0 radical (unpaired) electrons. The minimum Gasteiger partial charge on any atom is -0.360 e. The van der Waals surface area contributed by atoms with Crippen LogP contribution in [0, 0.1) is 0 Å². The predicted octanol–water partition coefficient (Wildman–Crippen LogP) is 5.01. The molecule has 1 aliphatic heterocycles. The molecule has 0 atom stereocenters. The number of aromatic nitrogens is 3. The molecule has 0 aliphatic carbocycles. The SMILES string of the molecule is O=C(Nc1c2c(nn1-c1ccc(Cl)cc1)CSC2)c1c[nH]c2ccccc12. The predicted molar refractivity (Wildman–Crippen MR) is 110 cm³/mol. The summed E-state index contributed by atoms with van der Waals surface area (Å²) < 4.78 is 1.80. The average Bonchev–Trinajstić information content (AvgIpc) is 3.38. The number of fused-ring (bicyclic) bond motifs is 2. The van der Waals surface area contributed by atoms with Crippen molar-refractivity contribution in [2.75, 3.05) is 5.32 Å². The number of rotatable bonds is 3. The lowest BCUT2D eigenvalue weighted by atomic mass is 10.1. The third-order valence-corrected chi connectivity index (χ3v) is 5.91. The van der Waals surface area contributed by atoms with Crippen LogP contribution in [0.15, 0.2) is 54.7 Å². The van der Waals surface area contributed by atoms with Crippen molar-refractivity contribution in [1.29, 1.82) is 0 Å². The Labute approximate surface area is 164 Å². The molecule has 5 rings (SSSR count). The Hall–Kier alpha value is -2.70. The number of halogens is 1. The molecule has 1 amide bonds. The number of amides is 1. The quantitative estimate of drug-likeness (QED) is 0.513. The first-order valence-corrected chi connectivity index (χ1v) is 10.1. The first-order valence-electron chi connectivity index (χ1n) is 8.52. The zero-order valence-electron chi connectivity index (χ0n) is 14.2. The van der Waals surface area contributed by atoms with E-state index in [9.17, 15) is 4.79 Å². The lowest BCUT2D eigenvalue weighted by Gasteiger charge is -2.11. The highest BCUT2D eigenvalue weighted by atomic mass is 35.5. The zero-order valence-corrected chi connectivity index (χ0v) is 15.8. The largest absolute Gasteiger partial charge is 0.360 e. The van der Waals surface area contributed by atoms with Crippen molar-refractivity contribution in [2.24, 2.45) is 0 Å². The topological polar surface area (TPSA) is 62.7 Å². The van der Waals surface area contributed by atoms with E-state index in [1.807, 2.05) is 48.5 Å². The smallest absolute Gasteiger partial charge is 0.258 e. The van der Waals surface area contributed by atoms with Gasteiger partial charge in [-0.2, -0.15) is 16.9 Å². The van der Waals surface area contributed by atoms with Crippen LogP contribution in [0.3, 0.4) is 0 Å². The molecule has 5 nitrogen and oxygen atoms in total. The van der Waals surface area contributed by atoms with Gasteiger partial charge in [0.15, 0.2) is 0 Å². The molecule has 1 aliphatic rings. The molecule has 0 spiro atoms. The number of carbonyl (C=O) groups is 1. The molecular formula is C20H15ClN4OS. The Morgan fingerprint density at radius 1 is 1.15 bits per heavy atom. The van der Waals surface area contributed by atoms with Gasteiger partial charge >= 0.3 is 0 Å². The highest BCUT2D eigenvalue weighted by molar-refractivity contribution is 7.98. The Kier molecular flexibility index (Phi) is 3.95. The number of nitrogens with one attached hydrogen (secondary N) is 2. The van der Waals surface area contributed by atoms with E-state index < -0.39 is 0 Å². The molecule has 0 saturated heterocycles. The van der Waals surface area contributed by atoms with Gasteiger partial charge in [0.2, 0.25) is 0 Å². The van der Waals surface area contributed by atoms with E-state index in [0.717, 1.165) is 45.2 Å². The van der Waals surface area contributed by atoms with Crippen LogP contribution in [0.2, 0.25) is 5.02 Å². The van der Waals surface area contributed by atoms with E-state index in [2.05, 4.69) is 10.3 Å². The molecule has 7 heteroatoms. The fourth-order valence-electron chi connectivity index (χ4n) is 3.34. The van der Waals surface area contributed by atoms with E-state index in [0.29, 0.717) is 10.6 Å². The maximum absolute atomic E-state index is 13.0. The number of anilines is 1. The van der Waals surface area contributed by atoms with Gasteiger partial charge in [0, 0.05) is 39.2 Å². The first-order chi connectivity index (χ1) is 13.2. The van der Waals surface area contributed by atoms with Gasteiger partial charge in [-0.3, -0.25) is 4.79 Å². The Bertz CT molecular complexity index is 1160. The number of nitrogens with zero attached hydrogens (tertiary/aromatic N) is 2. The minimum atomic E-state index is -0.151. The number of H-pyrrole nitrogens is 1. The Morgan fingerprint density at radius 3 is 2.81 bits per heavy atom. The number of hydrogen-bond acceptors (Lipinski definition) is 3. The molecule has 0 bridgehead atoms. The molecule has 134 valence electrons. The minimum absolute atomic E-state index is 0.151. The molecule has 2 aromatic heterocycles. The van der Waals surface area contributed by atoms with Gasteiger partial charge in [0.05, 0.1) is 16.9 Å². The van der Waals surface area contributed by atoms with Gasteiger partial charge in [0.25, 0.3) is 5.91 Å². The molecule has 0 saturated carbocycles. The lowest BCUT2D eigenvalue weighted by molar-refractivity contribution is 0.102. The van der Waals surface area contributed by atoms with Gasteiger partial charge in [-0.15, -0.1) is 0 Å². The van der Waals surface area contributed by atoms with Gasteiger partial charge in [-0.05, 0) is 30.3 Å². The maximum Gasteiger partial charge on any atom is 0.258 e. The number of aromatic amines is 1. The average molecular weight is 395 g/mol. The maximum atomic E-state index is 13.0. The summed E-state index contributed by atoms with van der Waals surface area (Å²) in [5, 5.41) is 9.38. The molecule has 27 heavy (non-hydrogen) atoms. The van der Waals surface area contributed by atoms with Crippen molar-refractivity contribution in [3.8, 4) is 5.69 Å². The van der Waals surface area contributed by atoms with Crippen LogP contribution < -0.4 is 5.32 Å². The van der Waals surface area contributed by atoms with Crippen LogP contribution in [-0.4, -0.2) is 20.7 Å². The van der Waals surface area contributed by atoms with Crippen LogP contribution in [0.25, 0.3) is 16.6 Å². The zero-order chi connectivity index (χ0) is 18.4. The van der Waals surface area contributed by atoms with Crippen LogP contribution in [0.5, 0.6) is 0 Å². The van der Waals surface area contributed by atoms with Crippen molar-refractivity contribution >= 4 is 46.0 Å². The molecule has 2 aromatic carbocycles. The summed E-state index contributed by atoms with van der Waals surface area (Å²) in [5.74, 6) is 2.27. The third kappa shape index (κ3) is 2.81. The summed E-state index contributed by atoms with van der Waals surface area (Å²) in [6.07, 6.45) is 1.75. The van der Waals surface area contributed by atoms with Gasteiger partial charge in [0.1, 0.15) is 5.82 Å². The van der Waals surface area contributed by atoms with E-state index in [1.165, 1.54) is 0 Å². The highest BCUT2D eigenvalue weighted by Gasteiger charge is 2.25. The third-order valence-electron chi connectivity index (χ3n) is 4.69. The van der Waals surface area contributed by atoms with Crippen LogP contribution in [0.4, 0.5) is 5.82 Å².